The molecule has 1 N–H and O–H groups in total. The third kappa shape index (κ3) is 5.56. The lowest BCUT2D eigenvalue weighted by Crippen LogP contribution is -2.48. The molecule has 1 unspecified atom stereocenters. The fraction of sp³-hybridized carbons (Fsp3) is 0.526. The van der Waals surface area contributed by atoms with Crippen LogP contribution < -0.4 is 4.74 Å². The predicted octanol–water partition coefficient (Wildman–Crippen LogP) is 1.85. The van der Waals surface area contributed by atoms with Gasteiger partial charge in [0.15, 0.2) is 0 Å². The van der Waals surface area contributed by atoms with Crippen molar-refractivity contribution < 1.29 is 14.4 Å². The number of aryl methyl sites for hydroxylation is 2. The molecule has 0 radical (unpaired) electrons. The lowest BCUT2D eigenvalue weighted by molar-refractivity contribution is 0.0442. The molecule has 6 nitrogen and oxygen atoms in total. The highest BCUT2D eigenvalue weighted by Gasteiger charge is 2.20. The second kappa shape index (κ2) is 8.47. The fourth-order valence-electron chi connectivity index (χ4n) is 3.10. The van der Waals surface area contributed by atoms with Crippen molar-refractivity contribution >= 4 is 0 Å². The zero-order chi connectivity index (χ0) is 17.6. The number of β-amino-alcohol motifs (C(OH)–C–C–N with tert-alkyl or cyclic N) is 1. The average Bonchev–Trinajstić information content (AvgIpc) is 3.00. The first kappa shape index (κ1) is 17.9. The Morgan fingerprint density at radius 3 is 2.60 bits per heavy atom. The third-order valence-corrected chi connectivity index (χ3v) is 4.43. The van der Waals surface area contributed by atoms with Crippen LogP contribution in [0.3, 0.4) is 0 Å². The van der Waals surface area contributed by atoms with Crippen LogP contribution in [0.4, 0.5) is 0 Å². The van der Waals surface area contributed by atoms with Gasteiger partial charge in [-0.1, -0.05) is 17.3 Å². The van der Waals surface area contributed by atoms with E-state index in [4.69, 9.17) is 9.26 Å². The first-order valence-electron chi connectivity index (χ1n) is 8.83. The van der Waals surface area contributed by atoms with Crippen molar-refractivity contribution in [1.29, 1.82) is 0 Å². The highest BCUT2D eigenvalue weighted by atomic mass is 16.5. The number of aromatic nitrogens is 1. The van der Waals surface area contributed by atoms with Gasteiger partial charge in [-0.25, -0.2) is 0 Å². The lowest BCUT2D eigenvalue weighted by atomic mass is 10.2. The molecule has 2 heterocycles. The van der Waals surface area contributed by atoms with Crippen molar-refractivity contribution in [3.05, 3.63) is 47.3 Å². The summed E-state index contributed by atoms with van der Waals surface area (Å²) in [5.74, 6) is 1.66. The molecular weight excluding hydrogens is 318 g/mol. The van der Waals surface area contributed by atoms with Crippen molar-refractivity contribution in [3.8, 4) is 5.75 Å². The molecule has 136 valence electrons. The van der Waals surface area contributed by atoms with Crippen LogP contribution in [0.15, 0.2) is 34.9 Å². The Hall–Kier alpha value is -1.89. The molecule has 6 heteroatoms. The minimum atomic E-state index is -0.481. The standard InChI is InChI=1S/C19H27N3O3/c1-15-4-3-5-19(10-15)24-14-18(23)13-22-8-6-21(7-9-22)12-17-11-16(2)25-20-17/h3-5,10-11,18,23H,6-9,12-14H2,1-2H3. The van der Waals surface area contributed by atoms with Crippen LogP contribution in [0.2, 0.25) is 0 Å². The highest BCUT2D eigenvalue weighted by Crippen LogP contribution is 2.13. The van der Waals surface area contributed by atoms with E-state index in [1.165, 1.54) is 0 Å². The Bertz CT molecular complexity index is 665. The Balaban J connectivity index is 1.36. The van der Waals surface area contributed by atoms with Crippen LogP contribution in [-0.4, -0.2) is 65.5 Å². The van der Waals surface area contributed by atoms with E-state index in [0.717, 1.165) is 55.5 Å². The van der Waals surface area contributed by atoms with Crippen LogP contribution in [0.1, 0.15) is 17.0 Å². The maximum atomic E-state index is 10.2. The van der Waals surface area contributed by atoms with E-state index in [9.17, 15) is 5.11 Å². The van der Waals surface area contributed by atoms with E-state index >= 15 is 0 Å². The summed E-state index contributed by atoms with van der Waals surface area (Å²) in [6, 6.07) is 9.88. The Kier molecular flexibility index (Phi) is 6.07. The molecule has 1 saturated heterocycles. The van der Waals surface area contributed by atoms with Gasteiger partial charge in [-0.2, -0.15) is 0 Å². The van der Waals surface area contributed by atoms with Crippen LogP contribution >= 0.6 is 0 Å². The summed E-state index contributed by atoms with van der Waals surface area (Å²) in [6.07, 6.45) is -0.481. The quantitative estimate of drug-likeness (QED) is 0.826. The van der Waals surface area contributed by atoms with Gasteiger partial charge in [0.1, 0.15) is 24.2 Å². The van der Waals surface area contributed by atoms with E-state index in [-0.39, 0.29) is 0 Å². The Morgan fingerprint density at radius 2 is 1.92 bits per heavy atom. The van der Waals surface area contributed by atoms with Gasteiger partial charge < -0.3 is 14.4 Å². The summed E-state index contributed by atoms with van der Waals surface area (Å²) < 4.78 is 10.8. The van der Waals surface area contributed by atoms with Crippen LogP contribution in [0, 0.1) is 13.8 Å². The Morgan fingerprint density at radius 1 is 1.16 bits per heavy atom. The smallest absolute Gasteiger partial charge is 0.133 e. The SMILES string of the molecule is Cc1cccc(OCC(O)CN2CCN(Cc3cc(C)on3)CC2)c1. The second-order valence-electron chi connectivity index (χ2n) is 6.79. The number of nitrogens with zero attached hydrogens (tertiary/aromatic N) is 3. The van der Waals surface area contributed by atoms with Crippen molar-refractivity contribution in [2.24, 2.45) is 0 Å². The zero-order valence-electron chi connectivity index (χ0n) is 15.0. The summed E-state index contributed by atoms with van der Waals surface area (Å²) in [6.45, 7) is 9.55. The lowest BCUT2D eigenvalue weighted by Gasteiger charge is -2.35. The van der Waals surface area contributed by atoms with Crippen LogP contribution in [-0.2, 0) is 6.54 Å². The molecule has 1 aromatic carbocycles. The second-order valence-corrected chi connectivity index (χ2v) is 6.79. The molecule has 1 fully saturated rings. The number of aliphatic hydroxyl groups is 1. The van der Waals surface area contributed by atoms with Gasteiger partial charge in [0.05, 0.1) is 5.69 Å². The number of rotatable bonds is 7. The summed E-state index contributed by atoms with van der Waals surface area (Å²) >= 11 is 0. The number of hydrogen-bond acceptors (Lipinski definition) is 6. The molecule has 0 amide bonds. The van der Waals surface area contributed by atoms with Gasteiger partial charge in [0, 0.05) is 45.3 Å². The summed E-state index contributed by atoms with van der Waals surface area (Å²) in [4.78, 5) is 4.65. The molecule has 1 aliphatic heterocycles. The topological polar surface area (TPSA) is 62.0 Å². The molecule has 3 rings (SSSR count). The first-order chi connectivity index (χ1) is 12.1. The van der Waals surface area contributed by atoms with Crippen LogP contribution in [0.5, 0.6) is 5.75 Å². The third-order valence-electron chi connectivity index (χ3n) is 4.43. The monoisotopic (exact) mass is 345 g/mol. The molecule has 1 atom stereocenters. The minimum Gasteiger partial charge on any atom is -0.491 e. The van der Waals surface area contributed by atoms with Gasteiger partial charge >= 0.3 is 0 Å². The van der Waals surface area contributed by atoms with Crippen molar-refractivity contribution in [3.63, 3.8) is 0 Å². The number of piperazine rings is 1. The summed E-state index contributed by atoms with van der Waals surface area (Å²) in [5.41, 5.74) is 2.14. The molecule has 0 aliphatic carbocycles. The molecule has 2 aromatic rings. The molecule has 1 aromatic heterocycles. The normalized spacial score (nSPS) is 17.6. The van der Waals surface area contributed by atoms with Crippen LogP contribution in [0.25, 0.3) is 0 Å². The zero-order valence-corrected chi connectivity index (χ0v) is 15.0. The summed E-state index contributed by atoms with van der Waals surface area (Å²) in [7, 11) is 0. The molecule has 0 bridgehead atoms. The van der Waals surface area contributed by atoms with E-state index in [1.807, 2.05) is 44.2 Å². The van der Waals surface area contributed by atoms with Gasteiger partial charge in [-0.3, -0.25) is 9.80 Å². The molecule has 0 spiro atoms. The van der Waals surface area contributed by atoms with E-state index < -0.39 is 6.10 Å². The molecular formula is C19H27N3O3. The number of ether oxygens (including phenoxy) is 1. The first-order valence-corrected chi connectivity index (χ1v) is 8.83. The molecule has 25 heavy (non-hydrogen) atoms. The molecule has 0 saturated carbocycles. The number of benzene rings is 1. The largest absolute Gasteiger partial charge is 0.491 e. The molecule has 1 aliphatic rings. The number of hydrogen-bond donors (Lipinski definition) is 1. The van der Waals surface area contributed by atoms with Gasteiger partial charge in [-0.15, -0.1) is 0 Å². The predicted molar refractivity (Wildman–Crippen MR) is 95.6 cm³/mol. The van der Waals surface area contributed by atoms with Crippen molar-refractivity contribution in [1.82, 2.24) is 15.0 Å². The van der Waals surface area contributed by atoms with E-state index in [1.54, 1.807) is 0 Å². The van der Waals surface area contributed by atoms with Gasteiger partial charge in [0.2, 0.25) is 0 Å². The van der Waals surface area contributed by atoms with E-state index in [2.05, 4.69) is 15.0 Å². The van der Waals surface area contributed by atoms with Gasteiger partial charge in [-0.05, 0) is 31.5 Å². The Labute approximate surface area is 149 Å². The maximum absolute atomic E-state index is 10.2. The van der Waals surface area contributed by atoms with E-state index in [0.29, 0.717) is 13.2 Å². The number of aliphatic hydroxyl groups excluding tert-OH is 1. The minimum absolute atomic E-state index is 0.321. The highest BCUT2D eigenvalue weighted by molar-refractivity contribution is 5.27. The maximum Gasteiger partial charge on any atom is 0.133 e. The van der Waals surface area contributed by atoms with Crippen molar-refractivity contribution in [2.75, 3.05) is 39.3 Å². The fourth-order valence-corrected chi connectivity index (χ4v) is 3.10. The summed E-state index contributed by atoms with van der Waals surface area (Å²) in [5, 5.41) is 14.3. The van der Waals surface area contributed by atoms with Crippen molar-refractivity contribution in [2.45, 2.75) is 26.5 Å². The average molecular weight is 345 g/mol. The van der Waals surface area contributed by atoms with Gasteiger partial charge in [0.25, 0.3) is 0 Å².